The molecule has 6 nitrogen and oxygen atoms in total. The number of nitro benzene ring substituents is 1. The van der Waals surface area contributed by atoms with E-state index in [0.717, 1.165) is 0 Å². The molecular formula is C14H16NO5P. The molecule has 0 aromatic heterocycles. The van der Waals surface area contributed by atoms with Crippen LogP contribution in [0.25, 0.3) is 0 Å². The summed E-state index contributed by atoms with van der Waals surface area (Å²) in [5.41, 5.74) is 0.214. The van der Waals surface area contributed by atoms with Crippen LogP contribution in [0.3, 0.4) is 0 Å². The Morgan fingerprint density at radius 1 is 1.29 bits per heavy atom. The van der Waals surface area contributed by atoms with E-state index in [1.165, 1.54) is 18.0 Å². The molecule has 0 bridgehead atoms. The molecule has 0 unspecified atom stereocenters. The predicted octanol–water partition coefficient (Wildman–Crippen LogP) is 3.73. The van der Waals surface area contributed by atoms with Gasteiger partial charge in [0.25, 0.3) is 5.69 Å². The molecule has 0 atom stereocenters. The maximum absolute atomic E-state index is 12.1. The number of rotatable bonds is 6. The van der Waals surface area contributed by atoms with Crippen molar-refractivity contribution in [3.05, 3.63) is 51.8 Å². The molecule has 0 aliphatic rings. The highest BCUT2D eigenvalue weighted by Gasteiger charge is 2.18. The standard InChI is InChI=1S/C14H16NO5P/c1-3-19-21(18,20-4-2)12-8-7-10-13-9-5-6-11-14(13)15(16)17/h5-6,8-9,11-12H,3-4H2,1-2H3/b12-8+. The van der Waals surface area contributed by atoms with E-state index in [2.05, 4.69) is 11.8 Å². The third kappa shape index (κ3) is 5.52. The number of nitro groups is 1. The number of hydrogen-bond donors (Lipinski definition) is 0. The van der Waals surface area contributed by atoms with Crippen LogP contribution < -0.4 is 0 Å². The van der Waals surface area contributed by atoms with Crippen LogP contribution in [-0.4, -0.2) is 18.1 Å². The Kier molecular flexibility index (Phi) is 6.83. The van der Waals surface area contributed by atoms with E-state index in [0.29, 0.717) is 0 Å². The first kappa shape index (κ1) is 17.1. The van der Waals surface area contributed by atoms with E-state index in [4.69, 9.17) is 9.05 Å². The molecule has 0 fully saturated rings. The highest BCUT2D eigenvalue weighted by molar-refractivity contribution is 7.57. The number of allylic oxidation sites excluding steroid dienone is 1. The average molecular weight is 309 g/mol. The minimum absolute atomic E-state index is 0.0730. The maximum atomic E-state index is 12.1. The topological polar surface area (TPSA) is 78.7 Å². The molecule has 0 saturated carbocycles. The van der Waals surface area contributed by atoms with Gasteiger partial charge in [0, 0.05) is 11.9 Å². The fraction of sp³-hybridized carbons (Fsp3) is 0.286. The Morgan fingerprint density at radius 2 is 1.90 bits per heavy atom. The lowest BCUT2D eigenvalue weighted by atomic mass is 10.2. The summed E-state index contributed by atoms with van der Waals surface area (Å²) in [6, 6.07) is 6.15. The quantitative estimate of drug-likeness (QED) is 0.346. The van der Waals surface area contributed by atoms with Crippen molar-refractivity contribution in [2.45, 2.75) is 13.8 Å². The van der Waals surface area contributed by atoms with E-state index in [1.807, 2.05) is 0 Å². The summed E-state index contributed by atoms with van der Waals surface area (Å²) in [5, 5.41) is 10.8. The molecule has 0 amide bonds. The van der Waals surface area contributed by atoms with E-state index >= 15 is 0 Å². The third-order valence-corrected chi connectivity index (χ3v) is 4.02. The Hall–Kier alpha value is -1.93. The van der Waals surface area contributed by atoms with Crippen molar-refractivity contribution in [2.24, 2.45) is 0 Å². The van der Waals surface area contributed by atoms with Gasteiger partial charge in [0.15, 0.2) is 0 Å². The Balaban J connectivity index is 2.91. The zero-order chi connectivity index (χ0) is 15.7. The number of nitrogens with zero attached hydrogens (tertiary/aromatic N) is 1. The summed E-state index contributed by atoms with van der Waals surface area (Å²) in [6.45, 7) is 3.91. The molecule has 0 aliphatic heterocycles. The van der Waals surface area contributed by atoms with Crippen molar-refractivity contribution < 1.29 is 18.5 Å². The van der Waals surface area contributed by atoms with Crippen molar-refractivity contribution >= 4 is 13.3 Å². The van der Waals surface area contributed by atoms with Gasteiger partial charge < -0.3 is 9.05 Å². The van der Waals surface area contributed by atoms with Crippen LogP contribution in [0.1, 0.15) is 19.4 Å². The van der Waals surface area contributed by atoms with E-state index < -0.39 is 12.5 Å². The van der Waals surface area contributed by atoms with Crippen LogP contribution in [0.4, 0.5) is 5.69 Å². The lowest BCUT2D eigenvalue weighted by molar-refractivity contribution is -0.385. The van der Waals surface area contributed by atoms with Gasteiger partial charge in [0.1, 0.15) is 5.56 Å². The monoisotopic (exact) mass is 309 g/mol. The van der Waals surface area contributed by atoms with E-state index in [9.17, 15) is 14.7 Å². The Bertz CT molecular complexity index is 620. The maximum Gasteiger partial charge on any atom is 0.354 e. The number of benzene rings is 1. The summed E-state index contributed by atoms with van der Waals surface area (Å²) < 4.78 is 22.2. The first-order chi connectivity index (χ1) is 10.0. The molecule has 1 aromatic rings. The molecular weight excluding hydrogens is 293 g/mol. The summed E-state index contributed by atoms with van der Waals surface area (Å²) in [7, 11) is -3.29. The smallest absolute Gasteiger partial charge is 0.306 e. The summed E-state index contributed by atoms with van der Waals surface area (Å²) in [5.74, 6) is 6.49. The van der Waals surface area contributed by atoms with Gasteiger partial charge in [-0.3, -0.25) is 14.7 Å². The molecule has 7 heteroatoms. The summed E-state index contributed by atoms with van der Waals surface area (Å²) in [6.07, 6.45) is 1.32. The zero-order valence-electron chi connectivity index (χ0n) is 11.8. The Morgan fingerprint density at radius 3 is 2.48 bits per heavy atom. The minimum atomic E-state index is -3.29. The highest BCUT2D eigenvalue weighted by atomic mass is 31.2. The molecule has 0 N–H and O–H groups in total. The SMILES string of the molecule is CCOP(=O)(/C=C/C#Cc1ccccc1[N+](=O)[O-])OCC. The average Bonchev–Trinajstić information content (AvgIpc) is 2.44. The molecule has 0 aliphatic carbocycles. The number of hydrogen-bond acceptors (Lipinski definition) is 5. The summed E-state index contributed by atoms with van der Waals surface area (Å²) in [4.78, 5) is 10.3. The van der Waals surface area contributed by atoms with Crippen LogP contribution in [0.2, 0.25) is 0 Å². The normalized spacial score (nSPS) is 11.1. The second-order valence-electron chi connectivity index (χ2n) is 3.73. The molecule has 1 rings (SSSR count). The van der Waals surface area contributed by atoms with Crippen LogP contribution in [-0.2, 0) is 13.6 Å². The molecule has 0 radical (unpaired) electrons. The van der Waals surface area contributed by atoms with Gasteiger partial charge in [-0.05, 0) is 26.0 Å². The van der Waals surface area contributed by atoms with Gasteiger partial charge in [-0.15, -0.1) is 0 Å². The van der Waals surface area contributed by atoms with Gasteiger partial charge >= 0.3 is 7.60 Å². The van der Waals surface area contributed by atoms with Gasteiger partial charge in [0.2, 0.25) is 0 Å². The Labute approximate surface area is 123 Å². The molecule has 0 heterocycles. The minimum Gasteiger partial charge on any atom is -0.306 e. The van der Waals surface area contributed by atoms with E-state index in [-0.39, 0.29) is 24.5 Å². The van der Waals surface area contributed by atoms with Crippen LogP contribution in [0.15, 0.2) is 36.2 Å². The van der Waals surface area contributed by atoms with Gasteiger partial charge in [0.05, 0.1) is 18.1 Å². The van der Waals surface area contributed by atoms with E-state index in [1.54, 1.807) is 32.0 Å². The van der Waals surface area contributed by atoms with Crippen molar-refractivity contribution in [1.82, 2.24) is 0 Å². The zero-order valence-corrected chi connectivity index (χ0v) is 12.7. The van der Waals surface area contributed by atoms with Crippen molar-refractivity contribution in [3.8, 4) is 11.8 Å². The van der Waals surface area contributed by atoms with Crippen molar-refractivity contribution in [1.29, 1.82) is 0 Å². The predicted molar refractivity (Wildman–Crippen MR) is 80.0 cm³/mol. The van der Waals surface area contributed by atoms with Crippen LogP contribution in [0, 0.1) is 22.0 Å². The third-order valence-electron chi connectivity index (χ3n) is 2.27. The first-order valence-electron chi connectivity index (χ1n) is 6.34. The fourth-order valence-corrected chi connectivity index (χ4v) is 2.69. The van der Waals surface area contributed by atoms with Crippen LogP contribution in [0.5, 0.6) is 0 Å². The molecule has 21 heavy (non-hydrogen) atoms. The molecule has 0 spiro atoms. The lowest BCUT2D eigenvalue weighted by Gasteiger charge is -2.11. The molecule has 1 aromatic carbocycles. The highest BCUT2D eigenvalue weighted by Crippen LogP contribution is 2.49. The summed E-state index contributed by atoms with van der Waals surface area (Å²) >= 11 is 0. The van der Waals surface area contributed by atoms with Gasteiger partial charge in [-0.1, -0.05) is 24.0 Å². The van der Waals surface area contributed by atoms with Crippen LogP contribution >= 0.6 is 7.60 Å². The largest absolute Gasteiger partial charge is 0.354 e. The van der Waals surface area contributed by atoms with Gasteiger partial charge in [-0.2, -0.15) is 0 Å². The second-order valence-corrected chi connectivity index (χ2v) is 5.63. The van der Waals surface area contributed by atoms with Crippen molar-refractivity contribution in [3.63, 3.8) is 0 Å². The first-order valence-corrected chi connectivity index (χ1v) is 7.95. The van der Waals surface area contributed by atoms with Gasteiger partial charge in [-0.25, -0.2) is 0 Å². The second kappa shape index (κ2) is 8.38. The fourth-order valence-electron chi connectivity index (χ4n) is 1.47. The number of para-hydroxylation sites is 1. The van der Waals surface area contributed by atoms with Crippen molar-refractivity contribution in [2.75, 3.05) is 13.2 Å². The molecule has 112 valence electrons. The lowest BCUT2D eigenvalue weighted by Crippen LogP contribution is -1.92. The molecule has 0 saturated heterocycles.